The number of rotatable bonds is 9. The van der Waals surface area contributed by atoms with Crippen molar-refractivity contribution in [3.8, 4) is 11.5 Å². The Labute approximate surface area is 148 Å². The van der Waals surface area contributed by atoms with Gasteiger partial charge in [0.15, 0.2) is 0 Å². The van der Waals surface area contributed by atoms with Crippen LogP contribution in [0.4, 0.5) is 0 Å². The number of ether oxygens (including phenoxy) is 2. The predicted octanol–water partition coefficient (Wildman–Crippen LogP) is 6.45. The summed E-state index contributed by atoms with van der Waals surface area (Å²) in [4.78, 5) is 0. The first kappa shape index (κ1) is 19.1. The van der Waals surface area contributed by atoms with Gasteiger partial charge in [0.05, 0.1) is 12.7 Å². The van der Waals surface area contributed by atoms with Crippen LogP contribution in [0, 0.1) is 20.8 Å². The summed E-state index contributed by atoms with van der Waals surface area (Å²) < 4.78 is 12.3. The molecule has 0 saturated heterocycles. The van der Waals surface area contributed by atoms with Crippen molar-refractivity contribution in [2.75, 3.05) is 6.61 Å². The molecule has 136 valence electrons. The molecule has 24 heavy (non-hydrogen) atoms. The van der Waals surface area contributed by atoms with Crippen LogP contribution in [0.1, 0.15) is 87.5 Å². The second kappa shape index (κ2) is 9.34. The molecule has 1 aromatic rings. The van der Waals surface area contributed by atoms with Crippen molar-refractivity contribution >= 4 is 0 Å². The van der Waals surface area contributed by atoms with E-state index < -0.39 is 0 Å². The molecule has 1 aliphatic rings. The largest absolute Gasteiger partial charge is 0.493 e. The molecular weight excluding hydrogens is 296 g/mol. The molecule has 1 unspecified atom stereocenters. The third kappa shape index (κ3) is 4.68. The van der Waals surface area contributed by atoms with E-state index in [-0.39, 0.29) is 0 Å². The SMILES string of the molecule is CCCCCCCCCOc1c(C)c(C)c2c(c1C)CCC(C)O2. The molecule has 0 bridgehead atoms. The lowest BCUT2D eigenvalue weighted by Crippen LogP contribution is -2.21. The Morgan fingerprint density at radius 1 is 0.917 bits per heavy atom. The van der Waals surface area contributed by atoms with E-state index in [0.717, 1.165) is 37.4 Å². The fraction of sp³-hybridized carbons (Fsp3) is 0.727. The van der Waals surface area contributed by atoms with Gasteiger partial charge in [-0.15, -0.1) is 0 Å². The minimum atomic E-state index is 0.328. The molecule has 2 rings (SSSR count). The molecule has 0 fully saturated rings. The molecule has 0 aromatic heterocycles. The van der Waals surface area contributed by atoms with Gasteiger partial charge in [-0.25, -0.2) is 0 Å². The first-order valence-corrected chi connectivity index (χ1v) is 9.98. The zero-order valence-electron chi connectivity index (χ0n) is 16.5. The highest BCUT2D eigenvalue weighted by Gasteiger charge is 2.24. The van der Waals surface area contributed by atoms with Crippen molar-refractivity contribution in [2.45, 2.75) is 98.5 Å². The van der Waals surface area contributed by atoms with Crippen LogP contribution in [0.25, 0.3) is 0 Å². The summed E-state index contributed by atoms with van der Waals surface area (Å²) in [7, 11) is 0. The van der Waals surface area contributed by atoms with Crippen LogP contribution in [-0.2, 0) is 6.42 Å². The standard InChI is InChI=1S/C22H36O2/c1-6-7-8-9-10-11-12-15-23-21-17(3)18(4)22-20(19(21)5)14-13-16(2)24-22/h16H,6-15H2,1-5H3. The quantitative estimate of drug-likeness (QED) is 0.483. The average Bonchev–Trinajstić information content (AvgIpc) is 2.57. The second-order valence-corrected chi connectivity index (χ2v) is 7.45. The number of hydrogen-bond donors (Lipinski definition) is 0. The van der Waals surface area contributed by atoms with Gasteiger partial charge in [-0.05, 0) is 63.6 Å². The fourth-order valence-corrected chi connectivity index (χ4v) is 3.67. The Balaban J connectivity index is 1.90. The average molecular weight is 333 g/mol. The van der Waals surface area contributed by atoms with E-state index in [9.17, 15) is 0 Å². The van der Waals surface area contributed by atoms with Crippen LogP contribution in [0.5, 0.6) is 11.5 Å². The highest BCUT2D eigenvalue weighted by atomic mass is 16.5. The molecular formula is C22H36O2. The molecule has 2 nitrogen and oxygen atoms in total. The number of unbranched alkanes of at least 4 members (excludes halogenated alkanes) is 6. The molecule has 0 amide bonds. The minimum Gasteiger partial charge on any atom is -0.493 e. The van der Waals surface area contributed by atoms with E-state index in [1.807, 2.05) is 0 Å². The monoisotopic (exact) mass is 332 g/mol. The highest BCUT2D eigenvalue weighted by Crippen LogP contribution is 2.41. The van der Waals surface area contributed by atoms with Gasteiger partial charge in [-0.2, -0.15) is 0 Å². The van der Waals surface area contributed by atoms with Gasteiger partial charge < -0.3 is 9.47 Å². The molecule has 1 aliphatic heterocycles. The Morgan fingerprint density at radius 2 is 1.58 bits per heavy atom. The number of hydrogen-bond acceptors (Lipinski definition) is 2. The maximum absolute atomic E-state index is 6.21. The Kier molecular flexibility index (Phi) is 7.45. The normalized spacial score (nSPS) is 16.6. The van der Waals surface area contributed by atoms with E-state index >= 15 is 0 Å². The van der Waals surface area contributed by atoms with Crippen molar-refractivity contribution in [3.63, 3.8) is 0 Å². The topological polar surface area (TPSA) is 18.5 Å². The maximum Gasteiger partial charge on any atom is 0.126 e. The van der Waals surface area contributed by atoms with E-state index in [2.05, 4.69) is 34.6 Å². The summed E-state index contributed by atoms with van der Waals surface area (Å²) >= 11 is 0. The molecule has 1 heterocycles. The maximum atomic E-state index is 6.21. The van der Waals surface area contributed by atoms with Gasteiger partial charge >= 0.3 is 0 Å². The van der Waals surface area contributed by atoms with Crippen molar-refractivity contribution in [1.82, 2.24) is 0 Å². The van der Waals surface area contributed by atoms with E-state index in [1.54, 1.807) is 0 Å². The van der Waals surface area contributed by atoms with Crippen molar-refractivity contribution < 1.29 is 9.47 Å². The first-order chi connectivity index (χ1) is 11.6. The van der Waals surface area contributed by atoms with Crippen LogP contribution in [0.3, 0.4) is 0 Å². The minimum absolute atomic E-state index is 0.328. The van der Waals surface area contributed by atoms with Crippen molar-refractivity contribution in [1.29, 1.82) is 0 Å². The predicted molar refractivity (Wildman–Crippen MR) is 103 cm³/mol. The summed E-state index contributed by atoms with van der Waals surface area (Å²) in [6, 6.07) is 0. The number of benzene rings is 1. The zero-order chi connectivity index (χ0) is 17.5. The van der Waals surface area contributed by atoms with Crippen LogP contribution in [0.2, 0.25) is 0 Å². The van der Waals surface area contributed by atoms with Gasteiger partial charge in [0, 0.05) is 5.56 Å². The van der Waals surface area contributed by atoms with Gasteiger partial charge in [-0.3, -0.25) is 0 Å². The summed E-state index contributed by atoms with van der Waals surface area (Å²) in [6.07, 6.45) is 11.8. The lowest BCUT2D eigenvalue weighted by Gasteiger charge is -2.29. The van der Waals surface area contributed by atoms with E-state index in [0.29, 0.717) is 6.10 Å². The smallest absolute Gasteiger partial charge is 0.126 e. The molecule has 0 saturated carbocycles. The molecule has 0 N–H and O–H groups in total. The molecule has 0 aliphatic carbocycles. The zero-order valence-corrected chi connectivity index (χ0v) is 16.5. The molecule has 1 atom stereocenters. The van der Waals surface area contributed by atoms with Crippen LogP contribution in [0.15, 0.2) is 0 Å². The molecule has 1 aromatic carbocycles. The first-order valence-electron chi connectivity index (χ1n) is 9.98. The summed E-state index contributed by atoms with van der Waals surface area (Å²) in [5, 5.41) is 0. The molecule has 0 spiro atoms. The van der Waals surface area contributed by atoms with Gasteiger partial charge in [-0.1, -0.05) is 45.4 Å². The molecule has 0 radical (unpaired) electrons. The Bertz CT molecular complexity index is 534. The van der Waals surface area contributed by atoms with Gasteiger partial charge in [0.2, 0.25) is 0 Å². The van der Waals surface area contributed by atoms with Crippen molar-refractivity contribution in [3.05, 3.63) is 22.3 Å². The van der Waals surface area contributed by atoms with Crippen LogP contribution in [-0.4, -0.2) is 12.7 Å². The Morgan fingerprint density at radius 3 is 2.29 bits per heavy atom. The Hall–Kier alpha value is -1.18. The van der Waals surface area contributed by atoms with Crippen LogP contribution >= 0.6 is 0 Å². The van der Waals surface area contributed by atoms with Gasteiger partial charge in [0.25, 0.3) is 0 Å². The lowest BCUT2D eigenvalue weighted by atomic mass is 9.92. The second-order valence-electron chi connectivity index (χ2n) is 7.45. The highest BCUT2D eigenvalue weighted by molar-refractivity contribution is 5.58. The lowest BCUT2D eigenvalue weighted by molar-refractivity contribution is 0.189. The third-order valence-corrected chi connectivity index (χ3v) is 5.43. The van der Waals surface area contributed by atoms with E-state index in [4.69, 9.17) is 9.47 Å². The van der Waals surface area contributed by atoms with Crippen LogP contribution < -0.4 is 9.47 Å². The summed E-state index contributed by atoms with van der Waals surface area (Å²) in [6.45, 7) is 11.8. The summed E-state index contributed by atoms with van der Waals surface area (Å²) in [5.41, 5.74) is 5.17. The van der Waals surface area contributed by atoms with Crippen molar-refractivity contribution in [2.24, 2.45) is 0 Å². The fourth-order valence-electron chi connectivity index (χ4n) is 3.67. The third-order valence-electron chi connectivity index (χ3n) is 5.43. The summed E-state index contributed by atoms with van der Waals surface area (Å²) in [5.74, 6) is 2.22. The number of fused-ring (bicyclic) bond motifs is 1. The van der Waals surface area contributed by atoms with E-state index in [1.165, 1.54) is 60.8 Å². The van der Waals surface area contributed by atoms with Gasteiger partial charge in [0.1, 0.15) is 11.5 Å². The molecule has 2 heteroatoms.